The number of nitrogens with zero attached hydrogens (tertiary/aromatic N) is 3. The van der Waals surface area contributed by atoms with E-state index in [4.69, 9.17) is 9.72 Å². The highest BCUT2D eigenvalue weighted by molar-refractivity contribution is 7.89. The fourth-order valence-electron chi connectivity index (χ4n) is 4.74. The maximum atomic E-state index is 13.8. The van der Waals surface area contributed by atoms with Crippen molar-refractivity contribution in [2.24, 2.45) is 0 Å². The van der Waals surface area contributed by atoms with Crippen LogP contribution in [0.2, 0.25) is 0 Å². The SMILES string of the molecule is Cc1cc(C)c2nc(N(CC3CCCO3)C(=O)c3ccc(S(=O)(=O)N(C)Cc4ccccc4)cc3)sc2c1. The van der Waals surface area contributed by atoms with Gasteiger partial charge in [-0.05, 0) is 73.7 Å². The standard InChI is InChI=1S/C29H31N3O4S2/c1-20-16-21(2)27-26(17-20)37-29(30-27)32(19-24-10-7-15-36-24)28(33)23-11-13-25(14-12-23)38(34,35)31(3)18-22-8-5-4-6-9-22/h4-6,8-9,11-14,16-17,24H,7,10,15,18-19H2,1-3H3. The molecule has 9 heteroatoms. The van der Waals surface area contributed by atoms with Gasteiger partial charge in [0.05, 0.1) is 27.8 Å². The molecule has 0 radical (unpaired) electrons. The van der Waals surface area contributed by atoms with Crippen LogP contribution in [0.15, 0.2) is 71.6 Å². The summed E-state index contributed by atoms with van der Waals surface area (Å²) in [6, 6.07) is 19.8. The Hall–Kier alpha value is -3.11. The molecule has 0 bridgehead atoms. The molecule has 3 aromatic carbocycles. The van der Waals surface area contributed by atoms with Crippen molar-refractivity contribution < 1.29 is 17.9 Å². The lowest BCUT2D eigenvalue weighted by molar-refractivity contribution is 0.0917. The number of amides is 1. The molecule has 1 atom stereocenters. The van der Waals surface area contributed by atoms with Crippen LogP contribution in [0.5, 0.6) is 0 Å². The van der Waals surface area contributed by atoms with Crippen molar-refractivity contribution >= 4 is 42.6 Å². The third-order valence-corrected chi connectivity index (χ3v) is 9.61. The number of benzene rings is 3. The van der Waals surface area contributed by atoms with E-state index in [-0.39, 0.29) is 23.5 Å². The topological polar surface area (TPSA) is 79.8 Å². The van der Waals surface area contributed by atoms with Gasteiger partial charge in [-0.3, -0.25) is 9.69 Å². The lowest BCUT2D eigenvalue weighted by Gasteiger charge is -2.23. The van der Waals surface area contributed by atoms with E-state index in [2.05, 4.69) is 12.1 Å². The Kier molecular flexibility index (Phi) is 7.63. The zero-order chi connectivity index (χ0) is 26.9. The number of hydrogen-bond donors (Lipinski definition) is 0. The highest BCUT2D eigenvalue weighted by Gasteiger charge is 2.28. The fraction of sp³-hybridized carbons (Fsp3) is 0.310. The molecular weight excluding hydrogens is 518 g/mol. The number of rotatable bonds is 8. The zero-order valence-electron chi connectivity index (χ0n) is 21.8. The smallest absolute Gasteiger partial charge is 0.260 e. The Morgan fingerprint density at radius 1 is 1.08 bits per heavy atom. The van der Waals surface area contributed by atoms with Gasteiger partial charge in [-0.1, -0.05) is 47.7 Å². The third kappa shape index (κ3) is 5.51. The number of hydrogen-bond acceptors (Lipinski definition) is 6. The molecule has 1 fully saturated rings. The molecule has 38 heavy (non-hydrogen) atoms. The Morgan fingerprint density at radius 3 is 2.50 bits per heavy atom. The van der Waals surface area contributed by atoms with E-state index in [0.717, 1.165) is 39.7 Å². The van der Waals surface area contributed by atoms with Crippen LogP contribution in [0.25, 0.3) is 10.2 Å². The number of fused-ring (bicyclic) bond motifs is 1. The number of ether oxygens (including phenoxy) is 1. The summed E-state index contributed by atoms with van der Waals surface area (Å²) < 4.78 is 34.5. The van der Waals surface area contributed by atoms with Crippen molar-refractivity contribution in [1.29, 1.82) is 0 Å². The number of carbonyl (C=O) groups excluding carboxylic acids is 1. The lowest BCUT2D eigenvalue weighted by Crippen LogP contribution is -2.37. The van der Waals surface area contributed by atoms with Crippen LogP contribution < -0.4 is 4.90 Å². The molecule has 7 nitrogen and oxygen atoms in total. The maximum absolute atomic E-state index is 13.8. The summed E-state index contributed by atoms with van der Waals surface area (Å²) in [5, 5.41) is 0.619. The molecule has 1 aliphatic rings. The Balaban J connectivity index is 1.42. The number of sulfonamides is 1. The summed E-state index contributed by atoms with van der Waals surface area (Å²) in [6.45, 7) is 5.42. The Morgan fingerprint density at radius 2 is 1.82 bits per heavy atom. The first kappa shape index (κ1) is 26.5. The van der Waals surface area contributed by atoms with Crippen LogP contribution in [0.1, 0.15) is 39.9 Å². The first-order valence-electron chi connectivity index (χ1n) is 12.6. The number of aromatic nitrogens is 1. The molecular formula is C29H31N3O4S2. The minimum atomic E-state index is -3.72. The predicted molar refractivity (Wildman–Crippen MR) is 151 cm³/mol. The molecule has 2 heterocycles. The van der Waals surface area contributed by atoms with Crippen LogP contribution in [0.4, 0.5) is 5.13 Å². The van der Waals surface area contributed by atoms with E-state index in [0.29, 0.717) is 23.8 Å². The molecule has 1 amide bonds. The van der Waals surface area contributed by atoms with Gasteiger partial charge in [-0.2, -0.15) is 4.31 Å². The Bertz CT molecular complexity index is 1540. The van der Waals surface area contributed by atoms with Crippen LogP contribution in [-0.2, 0) is 21.3 Å². The van der Waals surface area contributed by atoms with E-state index < -0.39 is 10.0 Å². The number of aryl methyl sites for hydroxylation is 2. The molecule has 5 rings (SSSR count). The maximum Gasteiger partial charge on any atom is 0.260 e. The summed E-state index contributed by atoms with van der Waals surface area (Å²) in [6.07, 6.45) is 1.80. The molecule has 1 unspecified atom stereocenters. The van der Waals surface area contributed by atoms with Gasteiger partial charge < -0.3 is 4.74 Å². The quantitative estimate of drug-likeness (QED) is 0.288. The molecule has 0 saturated carbocycles. The van der Waals surface area contributed by atoms with E-state index in [9.17, 15) is 13.2 Å². The molecule has 0 aliphatic carbocycles. The largest absolute Gasteiger partial charge is 0.376 e. The molecule has 1 aromatic heterocycles. The molecule has 1 saturated heterocycles. The molecule has 198 valence electrons. The lowest BCUT2D eigenvalue weighted by atomic mass is 10.1. The minimum absolute atomic E-state index is 0.0555. The zero-order valence-corrected chi connectivity index (χ0v) is 23.4. The van der Waals surface area contributed by atoms with Crippen molar-refractivity contribution in [1.82, 2.24) is 9.29 Å². The fourth-order valence-corrected chi connectivity index (χ4v) is 7.05. The van der Waals surface area contributed by atoms with Crippen LogP contribution in [0, 0.1) is 13.8 Å². The van der Waals surface area contributed by atoms with Gasteiger partial charge in [0.1, 0.15) is 0 Å². The summed E-state index contributed by atoms with van der Waals surface area (Å²) in [5.74, 6) is -0.226. The van der Waals surface area contributed by atoms with Crippen molar-refractivity contribution in [2.75, 3.05) is 25.1 Å². The summed E-state index contributed by atoms with van der Waals surface area (Å²) >= 11 is 1.49. The third-order valence-electron chi connectivity index (χ3n) is 6.76. The second-order valence-electron chi connectivity index (χ2n) is 9.75. The number of thiazole rings is 1. The summed E-state index contributed by atoms with van der Waals surface area (Å²) in [5.41, 5.74) is 4.41. The minimum Gasteiger partial charge on any atom is -0.376 e. The monoisotopic (exact) mass is 549 g/mol. The van der Waals surface area contributed by atoms with Gasteiger partial charge in [-0.25, -0.2) is 13.4 Å². The average Bonchev–Trinajstić information content (AvgIpc) is 3.57. The van der Waals surface area contributed by atoms with Gasteiger partial charge in [0.2, 0.25) is 10.0 Å². The van der Waals surface area contributed by atoms with Crippen LogP contribution in [-0.4, -0.2) is 49.9 Å². The van der Waals surface area contributed by atoms with E-state index in [1.165, 1.54) is 27.8 Å². The average molecular weight is 550 g/mol. The summed E-state index contributed by atoms with van der Waals surface area (Å²) in [7, 11) is -2.16. The van der Waals surface area contributed by atoms with Gasteiger partial charge in [0.15, 0.2) is 5.13 Å². The molecule has 0 N–H and O–H groups in total. The second-order valence-corrected chi connectivity index (χ2v) is 12.8. The van der Waals surface area contributed by atoms with Crippen molar-refractivity contribution in [3.63, 3.8) is 0 Å². The van der Waals surface area contributed by atoms with E-state index >= 15 is 0 Å². The van der Waals surface area contributed by atoms with Gasteiger partial charge in [-0.15, -0.1) is 0 Å². The second kappa shape index (κ2) is 10.9. The molecule has 1 aliphatic heterocycles. The first-order chi connectivity index (χ1) is 18.2. The van der Waals surface area contributed by atoms with Gasteiger partial charge in [0, 0.05) is 25.8 Å². The van der Waals surface area contributed by atoms with Crippen LogP contribution in [0.3, 0.4) is 0 Å². The van der Waals surface area contributed by atoms with Gasteiger partial charge >= 0.3 is 0 Å². The summed E-state index contributed by atoms with van der Waals surface area (Å²) in [4.78, 5) is 20.4. The van der Waals surface area contributed by atoms with E-state index in [1.54, 1.807) is 24.1 Å². The van der Waals surface area contributed by atoms with Crippen LogP contribution >= 0.6 is 11.3 Å². The van der Waals surface area contributed by atoms with Crippen molar-refractivity contribution in [3.8, 4) is 0 Å². The normalized spacial score (nSPS) is 15.8. The Labute approximate surface area is 227 Å². The molecule has 4 aromatic rings. The number of carbonyl (C=O) groups is 1. The number of anilines is 1. The first-order valence-corrected chi connectivity index (χ1v) is 14.9. The van der Waals surface area contributed by atoms with Crippen molar-refractivity contribution in [2.45, 2.75) is 44.2 Å². The van der Waals surface area contributed by atoms with Crippen molar-refractivity contribution in [3.05, 3.63) is 89.0 Å². The van der Waals surface area contributed by atoms with Gasteiger partial charge in [0.25, 0.3) is 5.91 Å². The van der Waals surface area contributed by atoms with E-state index in [1.807, 2.05) is 44.2 Å². The predicted octanol–water partition coefficient (Wildman–Crippen LogP) is 5.56. The highest BCUT2D eigenvalue weighted by atomic mass is 32.2. The molecule has 0 spiro atoms. The highest BCUT2D eigenvalue weighted by Crippen LogP contribution is 2.33.